The Bertz CT molecular complexity index is 1320. The zero-order valence-corrected chi connectivity index (χ0v) is 20.4. The predicted octanol–water partition coefficient (Wildman–Crippen LogP) is 5.21. The highest BCUT2D eigenvalue weighted by Gasteiger charge is 2.35. The monoisotopic (exact) mass is 489 g/mol. The molecule has 0 radical (unpaired) electrons. The lowest BCUT2D eigenvalue weighted by atomic mass is 10.1. The average molecular weight is 490 g/mol. The first-order valence-electron chi connectivity index (χ1n) is 11.9. The van der Waals surface area contributed by atoms with E-state index in [0.717, 1.165) is 34.7 Å². The van der Waals surface area contributed by atoms with E-state index in [2.05, 4.69) is 6.92 Å². The Morgan fingerprint density at radius 1 is 1.09 bits per heavy atom. The van der Waals surface area contributed by atoms with Gasteiger partial charge in [0, 0.05) is 29.6 Å². The molecule has 1 N–H and O–H groups in total. The number of anilines is 1. The van der Waals surface area contributed by atoms with Gasteiger partial charge in [-0.15, -0.1) is 0 Å². The molecule has 1 amide bonds. The molecular weight excluding hydrogens is 462 g/mol. The summed E-state index contributed by atoms with van der Waals surface area (Å²) in [4.78, 5) is 19.5. The summed E-state index contributed by atoms with van der Waals surface area (Å²) in [6, 6.07) is 23.1. The van der Waals surface area contributed by atoms with E-state index in [1.165, 1.54) is 5.56 Å². The Morgan fingerprint density at radius 2 is 1.83 bits per heavy atom. The van der Waals surface area contributed by atoms with Crippen LogP contribution in [-0.2, 0) is 17.8 Å². The third kappa shape index (κ3) is 5.04. The largest absolute Gasteiger partial charge is 0.491 e. The highest BCUT2D eigenvalue weighted by atomic mass is 35.5. The number of carbonyl (C=O) groups excluding carboxylic acids is 1. The molecule has 180 valence electrons. The van der Waals surface area contributed by atoms with Gasteiger partial charge in [-0.2, -0.15) is 0 Å². The van der Waals surface area contributed by atoms with Crippen LogP contribution in [0.4, 0.5) is 5.69 Å². The van der Waals surface area contributed by atoms with Crippen molar-refractivity contribution < 1.29 is 14.6 Å². The van der Waals surface area contributed by atoms with Crippen molar-refractivity contribution >= 4 is 34.2 Å². The van der Waals surface area contributed by atoms with E-state index in [4.69, 9.17) is 21.3 Å². The van der Waals surface area contributed by atoms with Gasteiger partial charge >= 0.3 is 0 Å². The van der Waals surface area contributed by atoms with Gasteiger partial charge in [-0.05, 0) is 60.5 Å². The van der Waals surface area contributed by atoms with Gasteiger partial charge in [-0.25, -0.2) is 4.98 Å². The predicted molar refractivity (Wildman–Crippen MR) is 138 cm³/mol. The fourth-order valence-corrected chi connectivity index (χ4v) is 4.75. The number of hydrogen-bond acceptors (Lipinski definition) is 4. The minimum atomic E-state index is -0.735. The second-order valence-electron chi connectivity index (χ2n) is 8.91. The summed E-state index contributed by atoms with van der Waals surface area (Å²) in [5.74, 6) is 1.51. The number of para-hydroxylation sites is 2. The van der Waals surface area contributed by atoms with Crippen molar-refractivity contribution in [1.29, 1.82) is 0 Å². The number of imidazole rings is 1. The number of aliphatic hydroxyl groups excluding tert-OH is 1. The Morgan fingerprint density at radius 3 is 2.57 bits per heavy atom. The standard InChI is InChI=1S/C28H28ClN3O3/c1-2-19-7-13-24(14-8-19)35-18-23(33)17-32-26-6-4-3-5-25(26)30-28(32)20-15-27(34)31(16-20)22-11-9-21(29)10-12-22/h3-14,20,23,33H,2,15-18H2,1H3/t20-,23+/m0/s1. The van der Waals surface area contributed by atoms with Gasteiger partial charge in [0.2, 0.25) is 5.91 Å². The number of aryl methyl sites for hydroxylation is 1. The second kappa shape index (κ2) is 10.1. The third-order valence-electron chi connectivity index (χ3n) is 6.48. The smallest absolute Gasteiger partial charge is 0.227 e. The SMILES string of the molecule is CCc1ccc(OC[C@H](O)Cn2c([C@H]3CC(=O)N(c4ccc(Cl)cc4)C3)nc3ccccc32)cc1. The Hall–Kier alpha value is -3.35. The maximum Gasteiger partial charge on any atom is 0.227 e. The highest BCUT2D eigenvalue weighted by Crippen LogP contribution is 2.33. The van der Waals surface area contributed by atoms with Gasteiger partial charge < -0.3 is 19.3 Å². The fourth-order valence-electron chi connectivity index (χ4n) is 4.63. The molecule has 6 nitrogen and oxygen atoms in total. The highest BCUT2D eigenvalue weighted by molar-refractivity contribution is 6.30. The molecule has 2 heterocycles. The lowest BCUT2D eigenvalue weighted by Gasteiger charge is -2.19. The molecule has 1 aliphatic rings. The van der Waals surface area contributed by atoms with Gasteiger partial charge in [-0.1, -0.05) is 42.8 Å². The number of ether oxygens (including phenoxy) is 1. The zero-order valence-electron chi connectivity index (χ0n) is 19.6. The third-order valence-corrected chi connectivity index (χ3v) is 6.73. The van der Waals surface area contributed by atoms with Gasteiger partial charge in [0.25, 0.3) is 0 Å². The maximum atomic E-state index is 12.9. The number of amides is 1. The number of aromatic nitrogens is 2. The van der Waals surface area contributed by atoms with Crippen molar-refractivity contribution in [2.45, 2.75) is 38.3 Å². The van der Waals surface area contributed by atoms with Gasteiger partial charge in [-0.3, -0.25) is 4.79 Å². The lowest BCUT2D eigenvalue weighted by molar-refractivity contribution is -0.117. The zero-order chi connectivity index (χ0) is 24.4. The van der Waals surface area contributed by atoms with E-state index in [9.17, 15) is 9.90 Å². The topological polar surface area (TPSA) is 67.6 Å². The Balaban J connectivity index is 1.35. The molecule has 7 heteroatoms. The summed E-state index contributed by atoms with van der Waals surface area (Å²) < 4.78 is 7.87. The van der Waals surface area contributed by atoms with Crippen LogP contribution < -0.4 is 9.64 Å². The molecule has 3 aromatic carbocycles. The van der Waals surface area contributed by atoms with Crippen LogP contribution in [0.5, 0.6) is 5.75 Å². The second-order valence-corrected chi connectivity index (χ2v) is 9.35. The van der Waals surface area contributed by atoms with Crippen LogP contribution in [0.25, 0.3) is 11.0 Å². The van der Waals surface area contributed by atoms with E-state index in [1.54, 1.807) is 17.0 Å². The van der Waals surface area contributed by atoms with E-state index >= 15 is 0 Å². The molecule has 0 bridgehead atoms. The molecule has 0 spiro atoms. The summed E-state index contributed by atoms with van der Waals surface area (Å²) in [6.07, 6.45) is 0.600. The molecule has 1 aromatic heterocycles. The minimum absolute atomic E-state index is 0.0512. The number of halogens is 1. The number of fused-ring (bicyclic) bond motifs is 1. The molecule has 0 unspecified atom stereocenters. The van der Waals surface area contributed by atoms with Crippen LogP contribution in [0.3, 0.4) is 0 Å². The Labute approximate surface area is 209 Å². The molecular formula is C28H28ClN3O3. The van der Waals surface area contributed by atoms with E-state index in [-0.39, 0.29) is 18.4 Å². The van der Waals surface area contributed by atoms with Crippen LogP contribution in [0.15, 0.2) is 72.8 Å². The van der Waals surface area contributed by atoms with Crippen molar-refractivity contribution in [3.05, 3.63) is 89.2 Å². The van der Waals surface area contributed by atoms with Crippen molar-refractivity contribution in [2.75, 3.05) is 18.1 Å². The van der Waals surface area contributed by atoms with Gasteiger partial charge in [0.15, 0.2) is 0 Å². The van der Waals surface area contributed by atoms with Crippen molar-refractivity contribution in [3.63, 3.8) is 0 Å². The van der Waals surface area contributed by atoms with E-state index < -0.39 is 6.10 Å². The normalized spacial score (nSPS) is 16.7. The summed E-state index contributed by atoms with van der Waals surface area (Å²) in [5.41, 5.74) is 3.85. The summed E-state index contributed by atoms with van der Waals surface area (Å²) in [7, 11) is 0. The molecule has 0 saturated carbocycles. The summed E-state index contributed by atoms with van der Waals surface area (Å²) in [6.45, 7) is 3.13. The molecule has 1 fully saturated rings. The molecule has 35 heavy (non-hydrogen) atoms. The van der Waals surface area contributed by atoms with Crippen LogP contribution in [0, 0.1) is 0 Å². The van der Waals surface area contributed by atoms with E-state index in [0.29, 0.717) is 24.5 Å². The van der Waals surface area contributed by atoms with Crippen LogP contribution >= 0.6 is 11.6 Å². The van der Waals surface area contributed by atoms with Crippen molar-refractivity contribution in [3.8, 4) is 5.75 Å². The molecule has 0 aliphatic carbocycles. The van der Waals surface area contributed by atoms with Gasteiger partial charge in [0.05, 0.1) is 17.6 Å². The number of rotatable bonds is 8. The number of hydrogen-bond donors (Lipinski definition) is 1. The molecule has 1 aliphatic heterocycles. The molecule has 5 rings (SSSR count). The molecule has 4 aromatic rings. The molecule has 1 saturated heterocycles. The average Bonchev–Trinajstić information content (AvgIpc) is 3.44. The first kappa shape index (κ1) is 23.4. The van der Waals surface area contributed by atoms with Crippen LogP contribution in [0.1, 0.15) is 30.7 Å². The minimum Gasteiger partial charge on any atom is -0.491 e. The number of benzene rings is 3. The van der Waals surface area contributed by atoms with E-state index in [1.807, 2.05) is 65.2 Å². The maximum absolute atomic E-state index is 12.9. The fraction of sp³-hybridized carbons (Fsp3) is 0.286. The number of carbonyl (C=O) groups is 1. The quantitative estimate of drug-likeness (QED) is 0.369. The lowest BCUT2D eigenvalue weighted by Crippen LogP contribution is -2.26. The number of aliphatic hydroxyl groups is 1. The van der Waals surface area contributed by atoms with Crippen LogP contribution in [-0.4, -0.2) is 39.8 Å². The summed E-state index contributed by atoms with van der Waals surface area (Å²) in [5, 5.41) is 11.5. The first-order valence-corrected chi connectivity index (χ1v) is 12.3. The number of nitrogens with zero attached hydrogens (tertiary/aromatic N) is 3. The summed E-state index contributed by atoms with van der Waals surface area (Å²) >= 11 is 6.02. The van der Waals surface area contributed by atoms with Gasteiger partial charge in [0.1, 0.15) is 24.3 Å². The molecule has 2 atom stereocenters. The Kier molecular flexibility index (Phi) is 6.75. The van der Waals surface area contributed by atoms with Crippen molar-refractivity contribution in [1.82, 2.24) is 9.55 Å². The van der Waals surface area contributed by atoms with Crippen molar-refractivity contribution in [2.24, 2.45) is 0 Å². The van der Waals surface area contributed by atoms with Crippen LogP contribution in [0.2, 0.25) is 5.02 Å². The first-order chi connectivity index (χ1) is 17.0.